The lowest BCUT2D eigenvalue weighted by molar-refractivity contribution is 0.00611. The lowest BCUT2D eigenvalue weighted by Crippen LogP contribution is -2.60. The SMILES string of the molecule is C=C1C2CC3(C(=S)N[C@H]4CC[C@H](CN)CC4)CC1CC(c1ccccc1)(C2)C3. The van der Waals surface area contributed by atoms with E-state index in [0.29, 0.717) is 23.3 Å². The second-order valence-electron chi connectivity index (χ2n) is 10.3. The maximum absolute atomic E-state index is 6.16. The van der Waals surface area contributed by atoms with Gasteiger partial charge in [-0.1, -0.05) is 54.7 Å². The first-order valence-corrected chi connectivity index (χ1v) is 11.7. The fourth-order valence-corrected chi connectivity index (χ4v) is 7.67. The van der Waals surface area contributed by atoms with Gasteiger partial charge >= 0.3 is 0 Å². The number of nitrogens with two attached hydrogens (primary N) is 1. The first kappa shape index (κ1) is 18.8. The lowest BCUT2D eigenvalue weighted by Gasteiger charge is -2.63. The smallest absolute Gasteiger partial charge is 0.0818 e. The predicted octanol–water partition coefficient (Wildman–Crippen LogP) is 5.13. The van der Waals surface area contributed by atoms with E-state index in [9.17, 15) is 0 Å². The van der Waals surface area contributed by atoms with Crippen molar-refractivity contribution in [3.8, 4) is 0 Å². The molecule has 0 aliphatic heterocycles. The van der Waals surface area contributed by atoms with Crippen LogP contribution in [0.4, 0.5) is 0 Å². The first-order chi connectivity index (χ1) is 13.5. The average molecular weight is 395 g/mol. The standard InChI is InChI=1S/C25H34N2S/c1-17-19-11-24(21-5-3-2-4-6-21)12-20(17)14-25(13-19,16-24)23(28)27-22-9-7-18(15-26)8-10-22/h2-6,18-20,22H,1,7-16,26H2,(H,27,28)/t18-,19?,20?,22-,24?,25?. The van der Waals surface area contributed by atoms with E-state index in [2.05, 4.69) is 42.2 Å². The third kappa shape index (κ3) is 2.97. The number of allylic oxidation sites excluding steroid dienone is 1. The summed E-state index contributed by atoms with van der Waals surface area (Å²) in [6.07, 6.45) is 11.2. The van der Waals surface area contributed by atoms with Crippen LogP contribution in [0.25, 0.3) is 0 Å². The van der Waals surface area contributed by atoms with Gasteiger partial charge in [0, 0.05) is 11.5 Å². The second kappa shape index (κ2) is 6.95. The summed E-state index contributed by atoms with van der Waals surface area (Å²) in [6, 6.07) is 11.8. The molecule has 1 aromatic rings. The third-order valence-electron chi connectivity index (χ3n) is 8.66. The zero-order chi connectivity index (χ0) is 19.4. The summed E-state index contributed by atoms with van der Waals surface area (Å²) in [5.74, 6) is 2.01. The Bertz CT molecular complexity index is 744. The van der Waals surface area contributed by atoms with E-state index in [1.807, 2.05) is 0 Å². The van der Waals surface area contributed by atoms with Gasteiger partial charge in [-0.15, -0.1) is 0 Å². The van der Waals surface area contributed by atoms with E-state index in [1.165, 1.54) is 73.9 Å². The Morgan fingerprint density at radius 3 is 2.29 bits per heavy atom. The molecule has 5 aliphatic carbocycles. The predicted molar refractivity (Wildman–Crippen MR) is 120 cm³/mol. The Morgan fingerprint density at radius 1 is 1.04 bits per heavy atom. The lowest BCUT2D eigenvalue weighted by atomic mass is 9.41. The number of rotatable bonds is 4. The summed E-state index contributed by atoms with van der Waals surface area (Å²) in [6.45, 7) is 5.37. The molecule has 5 saturated carbocycles. The molecule has 2 unspecified atom stereocenters. The van der Waals surface area contributed by atoms with E-state index in [4.69, 9.17) is 18.0 Å². The largest absolute Gasteiger partial charge is 0.376 e. The molecule has 4 bridgehead atoms. The van der Waals surface area contributed by atoms with E-state index in [0.717, 1.165) is 12.5 Å². The van der Waals surface area contributed by atoms with Crippen molar-refractivity contribution in [1.82, 2.24) is 5.32 Å². The highest BCUT2D eigenvalue weighted by molar-refractivity contribution is 7.80. The molecule has 0 aromatic heterocycles. The topological polar surface area (TPSA) is 38.0 Å². The van der Waals surface area contributed by atoms with Gasteiger partial charge in [0.25, 0.3) is 0 Å². The van der Waals surface area contributed by atoms with E-state index < -0.39 is 0 Å². The molecule has 0 radical (unpaired) electrons. The molecule has 3 heteroatoms. The van der Waals surface area contributed by atoms with Gasteiger partial charge in [0.05, 0.1) is 4.99 Å². The van der Waals surface area contributed by atoms with Crippen molar-refractivity contribution < 1.29 is 0 Å². The number of hydrogen-bond donors (Lipinski definition) is 2. The minimum Gasteiger partial charge on any atom is -0.376 e. The van der Waals surface area contributed by atoms with Gasteiger partial charge in [-0.25, -0.2) is 0 Å². The molecule has 28 heavy (non-hydrogen) atoms. The summed E-state index contributed by atoms with van der Waals surface area (Å²) < 4.78 is 0. The van der Waals surface area contributed by atoms with Crippen LogP contribution in [0.1, 0.15) is 63.4 Å². The fraction of sp³-hybridized carbons (Fsp3) is 0.640. The van der Waals surface area contributed by atoms with Crippen molar-refractivity contribution in [3.05, 3.63) is 48.0 Å². The third-order valence-corrected chi connectivity index (χ3v) is 9.21. The summed E-state index contributed by atoms with van der Waals surface area (Å²) in [5, 5.41) is 3.87. The molecular formula is C25H34N2S. The van der Waals surface area contributed by atoms with Crippen molar-refractivity contribution in [3.63, 3.8) is 0 Å². The van der Waals surface area contributed by atoms with Crippen LogP contribution in [0.5, 0.6) is 0 Å². The van der Waals surface area contributed by atoms with Crippen molar-refractivity contribution in [1.29, 1.82) is 0 Å². The summed E-state index contributed by atoms with van der Waals surface area (Å²) in [7, 11) is 0. The van der Waals surface area contributed by atoms with Crippen LogP contribution in [-0.4, -0.2) is 17.6 Å². The number of thiocarbonyl (C=S) groups is 1. The zero-order valence-corrected chi connectivity index (χ0v) is 17.8. The zero-order valence-electron chi connectivity index (χ0n) is 17.0. The number of benzene rings is 1. The highest BCUT2D eigenvalue weighted by Crippen LogP contribution is 2.67. The van der Waals surface area contributed by atoms with Crippen LogP contribution in [-0.2, 0) is 5.41 Å². The molecule has 5 fully saturated rings. The monoisotopic (exact) mass is 394 g/mol. The van der Waals surface area contributed by atoms with Crippen molar-refractivity contribution in [2.45, 2.75) is 69.2 Å². The molecule has 0 heterocycles. The highest BCUT2D eigenvalue weighted by atomic mass is 32.1. The molecular weight excluding hydrogens is 360 g/mol. The Morgan fingerprint density at radius 2 is 1.68 bits per heavy atom. The summed E-state index contributed by atoms with van der Waals surface area (Å²) >= 11 is 6.16. The van der Waals surface area contributed by atoms with Gasteiger partial charge in [0.15, 0.2) is 0 Å². The van der Waals surface area contributed by atoms with E-state index in [-0.39, 0.29) is 5.41 Å². The van der Waals surface area contributed by atoms with Gasteiger partial charge in [0.2, 0.25) is 0 Å². The maximum Gasteiger partial charge on any atom is 0.0818 e. The molecule has 5 aliphatic rings. The molecule has 2 atom stereocenters. The maximum atomic E-state index is 6.16. The van der Waals surface area contributed by atoms with Crippen molar-refractivity contribution in [2.75, 3.05) is 6.54 Å². The van der Waals surface area contributed by atoms with E-state index in [1.54, 1.807) is 0 Å². The van der Waals surface area contributed by atoms with Gasteiger partial charge in [-0.05, 0) is 93.1 Å². The number of nitrogens with one attached hydrogen (secondary N) is 1. The Labute approximate surface area is 175 Å². The quantitative estimate of drug-likeness (QED) is 0.549. The molecule has 0 amide bonds. The average Bonchev–Trinajstić information content (AvgIpc) is 2.72. The van der Waals surface area contributed by atoms with Crippen LogP contribution >= 0.6 is 12.2 Å². The molecule has 150 valence electrons. The van der Waals surface area contributed by atoms with Crippen molar-refractivity contribution in [2.24, 2.45) is 28.9 Å². The second-order valence-corrected chi connectivity index (χ2v) is 10.7. The molecule has 6 rings (SSSR count). The molecule has 3 N–H and O–H groups in total. The van der Waals surface area contributed by atoms with Gasteiger partial charge < -0.3 is 11.1 Å². The summed E-state index contributed by atoms with van der Waals surface area (Å²) in [5.41, 5.74) is 9.42. The van der Waals surface area contributed by atoms with Crippen LogP contribution in [0.15, 0.2) is 42.5 Å². The Hall–Kier alpha value is -1.19. The first-order valence-electron chi connectivity index (χ1n) is 11.3. The van der Waals surface area contributed by atoms with Crippen LogP contribution in [0.2, 0.25) is 0 Å². The minimum absolute atomic E-state index is 0.183. The fourth-order valence-electron chi connectivity index (χ4n) is 7.27. The van der Waals surface area contributed by atoms with Gasteiger partial charge in [0.1, 0.15) is 0 Å². The van der Waals surface area contributed by atoms with Crippen LogP contribution in [0.3, 0.4) is 0 Å². The Kier molecular flexibility index (Phi) is 4.67. The Balaban J connectivity index is 1.39. The molecule has 2 nitrogen and oxygen atoms in total. The summed E-state index contributed by atoms with van der Waals surface area (Å²) in [4.78, 5) is 1.17. The van der Waals surface area contributed by atoms with Crippen molar-refractivity contribution >= 4 is 17.2 Å². The molecule has 0 saturated heterocycles. The van der Waals surface area contributed by atoms with Crippen LogP contribution < -0.4 is 11.1 Å². The van der Waals surface area contributed by atoms with Gasteiger partial charge in [-0.2, -0.15) is 0 Å². The normalized spacial score (nSPS) is 41.8. The minimum atomic E-state index is 0.183. The highest BCUT2D eigenvalue weighted by Gasteiger charge is 2.61. The number of hydrogen-bond acceptors (Lipinski definition) is 2. The van der Waals surface area contributed by atoms with Gasteiger partial charge in [-0.3, -0.25) is 0 Å². The van der Waals surface area contributed by atoms with E-state index >= 15 is 0 Å². The van der Waals surface area contributed by atoms with Crippen LogP contribution in [0, 0.1) is 23.2 Å². The molecule has 0 spiro atoms. The molecule has 1 aromatic carbocycles.